The van der Waals surface area contributed by atoms with Gasteiger partial charge >= 0.3 is 19.8 Å². The van der Waals surface area contributed by atoms with Crippen molar-refractivity contribution in [3.8, 4) is 0 Å². The van der Waals surface area contributed by atoms with E-state index in [1.54, 1.807) is 0 Å². The van der Waals surface area contributed by atoms with E-state index in [0.717, 1.165) is 89.9 Å². The Balaban J connectivity index is 3.80. The minimum absolute atomic E-state index is 0.0485. The number of unbranched alkanes of at least 4 members (excludes halogenated alkanes) is 44. The van der Waals surface area contributed by atoms with Crippen molar-refractivity contribution < 1.29 is 37.6 Å². The van der Waals surface area contributed by atoms with Crippen LogP contribution in [0.25, 0.3) is 0 Å². The summed E-state index contributed by atoms with van der Waals surface area (Å²) < 4.78 is 33.2. The van der Waals surface area contributed by atoms with Crippen LogP contribution >= 0.6 is 7.82 Å². The number of carbonyl (C=O) groups is 2. The number of hydrogen-bond acceptors (Lipinski definition) is 8. The summed E-state index contributed by atoms with van der Waals surface area (Å²) in [6, 6.07) is 0. The maximum Gasteiger partial charge on any atom is 0.472 e. The molecule has 2 unspecified atom stereocenters. The van der Waals surface area contributed by atoms with E-state index in [9.17, 15) is 19.0 Å². The minimum Gasteiger partial charge on any atom is -0.462 e. The number of nitrogens with two attached hydrogens (primary N) is 1. The van der Waals surface area contributed by atoms with Crippen molar-refractivity contribution >= 4 is 19.8 Å². The number of phosphoric acid groups is 1. The molecule has 0 rings (SSSR count). The zero-order valence-electron chi connectivity index (χ0n) is 59.6. The molecule has 0 saturated heterocycles. The summed E-state index contributed by atoms with van der Waals surface area (Å²) in [5.74, 6) is -0.831. The fraction of sp³-hybridized carbons (Fsp3) is 0.778. The molecule has 0 aromatic rings. The van der Waals surface area contributed by atoms with Crippen molar-refractivity contribution in [1.29, 1.82) is 0 Å². The average Bonchev–Trinajstić information content (AvgIpc) is 3.68. The second-order valence-electron chi connectivity index (χ2n) is 25.8. The van der Waals surface area contributed by atoms with Gasteiger partial charge in [-0.15, -0.1) is 0 Å². The highest BCUT2D eigenvalue weighted by Gasteiger charge is 2.26. The van der Waals surface area contributed by atoms with Gasteiger partial charge in [0.05, 0.1) is 13.2 Å². The molecule has 0 heterocycles. The summed E-state index contributed by atoms with van der Waals surface area (Å²) in [4.78, 5) is 35.4. The average molecular weight is 1290 g/mol. The molecule has 91 heavy (non-hydrogen) atoms. The maximum atomic E-state index is 12.8. The van der Waals surface area contributed by atoms with Gasteiger partial charge in [0, 0.05) is 19.4 Å². The molecule has 3 N–H and O–H groups in total. The summed E-state index contributed by atoms with van der Waals surface area (Å²) in [6.07, 6.45) is 104. The van der Waals surface area contributed by atoms with Gasteiger partial charge in [-0.2, -0.15) is 0 Å². The monoisotopic (exact) mass is 1290 g/mol. The fourth-order valence-corrected chi connectivity index (χ4v) is 12.0. The zero-order chi connectivity index (χ0) is 65.8. The van der Waals surface area contributed by atoms with Gasteiger partial charge in [-0.05, 0) is 96.3 Å². The summed E-state index contributed by atoms with van der Waals surface area (Å²) in [7, 11) is -4.40. The van der Waals surface area contributed by atoms with Gasteiger partial charge < -0.3 is 20.1 Å². The topological polar surface area (TPSA) is 134 Å². The van der Waals surface area contributed by atoms with Crippen LogP contribution in [0, 0.1) is 0 Å². The Morgan fingerprint density at radius 1 is 0.341 bits per heavy atom. The molecular formula is C81H146NO8P. The first-order valence-corrected chi connectivity index (χ1v) is 40.2. The molecule has 0 fully saturated rings. The molecule has 0 saturated carbocycles. The third-order valence-corrected chi connectivity index (χ3v) is 17.9. The van der Waals surface area contributed by atoms with Crippen LogP contribution in [0.3, 0.4) is 0 Å². The Morgan fingerprint density at radius 3 is 0.912 bits per heavy atom. The third-order valence-electron chi connectivity index (χ3n) is 17.0. The standard InChI is InChI=1S/C81H146NO8P/c1-3-5-7-9-11-13-15-17-19-21-23-25-27-29-31-33-34-35-36-37-38-39-40-41-42-43-44-46-47-49-51-53-55-57-59-61-63-65-67-69-71-73-80(83)87-77-79(78-89-91(85,86)88-76-75-82)90-81(84)74-72-70-68-66-64-62-60-58-56-54-52-50-48-45-32-30-28-26-24-22-20-18-16-14-12-10-8-6-4-2/h6,8,12,14,18,20-21,23-24,26,30,32,48,50,54,56,79H,3-5,7,9-11,13,15-17,19,22,25,27-29,31,33-47,49,51-53,55,57-78,82H2,1-2H3,(H,85,86)/b8-6-,14-12-,20-18-,23-21-,26-24-,32-30-,50-48-,56-54-. The van der Waals surface area contributed by atoms with Crippen molar-refractivity contribution in [2.75, 3.05) is 26.4 Å². The number of rotatable bonds is 73. The second kappa shape index (κ2) is 76.0. The number of esters is 2. The molecule has 0 radical (unpaired) electrons. The largest absolute Gasteiger partial charge is 0.472 e. The molecular weight excluding hydrogens is 1150 g/mol. The molecule has 0 aliphatic rings. The molecule has 0 aliphatic heterocycles. The summed E-state index contributed by atoms with van der Waals surface area (Å²) in [5, 5.41) is 0. The van der Waals surface area contributed by atoms with Gasteiger partial charge in [0.25, 0.3) is 0 Å². The van der Waals surface area contributed by atoms with Crippen molar-refractivity contribution in [1.82, 2.24) is 0 Å². The molecule has 0 aromatic heterocycles. The van der Waals surface area contributed by atoms with E-state index < -0.39 is 26.5 Å². The lowest BCUT2D eigenvalue weighted by Gasteiger charge is -2.19. The van der Waals surface area contributed by atoms with Gasteiger partial charge in [0.1, 0.15) is 6.61 Å². The van der Waals surface area contributed by atoms with Gasteiger partial charge in [-0.3, -0.25) is 18.6 Å². The number of phosphoric ester groups is 1. The lowest BCUT2D eigenvalue weighted by atomic mass is 10.0. The van der Waals surface area contributed by atoms with Gasteiger partial charge in [-0.1, -0.05) is 361 Å². The molecule has 9 nitrogen and oxygen atoms in total. The van der Waals surface area contributed by atoms with Crippen molar-refractivity contribution in [2.45, 2.75) is 380 Å². The number of carbonyl (C=O) groups excluding carboxylic acids is 2. The van der Waals surface area contributed by atoms with Crippen LogP contribution in [0.5, 0.6) is 0 Å². The van der Waals surface area contributed by atoms with Crippen molar-refractivity contribution in [3.63, 3.8) is 0 Å². The van der Waals surface area contributed by atoms with Crippen molar-refractivity contribution in [2.24, 2.45) is 5.73 Å². The van der Waals surface area contributed by atoms with Crippen LogP contribution in [-0.2, 0) is 32.7 Å². The van der Waals surface area contributed by atoms with Gasteiger partial charge in [0.2, 0.25) is 0 Å². The minimum atomic E-state index is -4.40. The highest BCUT2D eigenvalue weighted by molar-refractivity contribution is 7.47. The van der Waals surface area contributed by atoms with Crippen LogP contribution in [0.4, 0.5) is 0 Å². The first-order valence-electron chi connectivity index (χ1n) is 38.7. The maximum absolute atomic E-state index is 12.8. The van der Waals surface area contributed by atoms with Crippen LogP contribution in [0.2, 0.25) is 0 Å². The highest BCUT2D eigenvalue weighted by Crippen LogP contribution is 2.43. The number of hydrogen-bond donors (Lipinski definition) is 2. The van der Waals surface area contributed by atoms with Crippen molar-refractivity contribution in [3.05, 3.63) is 97.2 Å². The highest BCUT2D eigenvalue weighted by atomic mass is 31.2. The van der Waals surface area contributed by atoms with Crippen LogP contribution < -0.4 is 5.73 Å². The molecule has 0 spiro atoms. The normalized spacial score (nSPS) is 13.4. The Kier molecular flexibility index (Phi) is 73.4. The Labute approximate surface area is 563 Å². The first kappa shape index (κ1) is 87.9. The lowest BCUT2D eigenvalue weighted by Crippen LogP contribution is -2.29. The third kappa shape index (κ3) is 75.8. The molecule has 2 atom stereocenters. The molecule has 10 heteroatoms. The van der Waals surface area contributed by atoms with Crippen LogP contribution in [0.15, 0.2) is 97.2 Å². The predicted octanol–water partition coefficient (Wildman–Crippen LogP) is 25.9. The number of ether oxygens (including phenoxy) is 2. The molecule has 0 aromatic carbocycles. The zero-order valence-corrected chi connectivity index (χ0v) is 60.5. The van der Waals surface area contributed by atoms with Crippen LogP contribution in [0.1, 0.15) is 373 Å². The van der Waals surface area contributed by atoms with E-state index in [4.69, 9.17) is 24.3 Å². The molecule has 0 aliphatic carbocycles. The number of allylic oxidation sites excluding steroid dienone is 16. The second-order valence-corrected chi connectivity index (χ2v) is 27.3. The quantitative estimate of drug-likeness (QED) is 0.0264. The van der Waals surface area contributed by atoms with E-state index in [1.807, 2.05) is 0 Å². The summed E-state index contributed by atoms with van der Waals surface area (Å²) in [6.45, 7) is 3.66. The summed E-state index contributed by atoms with van der Waals surface area (Å²) in [5.41, 5.74) is 5.41. The molecule has 0 bridgehead atoms. The molecule has 0 amide bonds. The summed E-state index contributed by atoms with van der Waals surface area (Å²) >= 11 is 0. The van der Waals surface area contributed by atoms with Gasteiger partial charge in [-0.25, -0.2) is 4.57 Å². The van der Waals surface area contributed by atoms with E-state index in [-0.39, 0.29) is 38.6 Å². The van der Waals surface area contributed by atoms with E-state index in [2.05, 4.69) is 111 Å². The Morgan fingerprint density at radius 2 is 0.604 bits per heavy atom. The lowest BCUT2D eigenvalue weighted by molar-refractivity contribution is -0.161. The first-order chi connectivity index (χ1) is 44.8. The van der Waals surface area contributed by atoms with E-state index >= 15 is 0 Å². The SMILES string of the molecule is CC/C=C\C/C=C\C/C=C\C/C=C\C/C=C\C/C=C\C/C=C\CCCCCCCCCC(=O)OC(COC(=O)CCCCCCCCCCCCCCCCCCCCCCCCCCCCCCC/C=C\CCCCCCCCCC)COP(=O)(O)OCCN. The smallest absolute Gasteiger partial charge is 0.462 e. The Bertz CT molecular complexity index is 1820. The van der Waals surface area contributed by atoms with Crippen LogP contribution in [-0.4, -0.2) is 49.3 Å². The Hall–Kier alpha value is -3.07. The van der Waals surface area contributed by atoms with Gasteiger partial charge in [0.15, 0.2) is 6.10 Å². The van der Waals surface area contributed by atoms with E-state index in [1.165, 1.54) is 250 Å². The predicted molar refractivity (Wildman–Crippen MR) is 395 cm³/mol. The molecule has 528 valence electrons. The fourth-order valence-electron chi connectivity index (χ4n) is 11.3. The van der Waals surface area contributed by atoms with E-state index in [0.29, 0.717) is 6.42 Å².